The van der Waals surface area contributed by atoms with Gasteiger partial charge in [-0.25, -0.2) is 0 Å². The van der Waals surface area contributed by atoms with Gasteiger partial charge >= 0.3 is 0 Å². The minimum absolute atomic E-state index is 0. The van der Waals surface area contributed by atoms with Crippen molar-refractivity contribution >= 4 is 0 Å². The van der Waals surface area contributed by atoms with Crippen molar-refractivity contribution in [2.45, 2.75) is 53.1 Å². The number of nitrogens with one attached hydrogen (secondary N) is 1. The van der Waals surface area contributed by atoms with Crippen molar-refractivity contribution in [1.82, 2.24) is 10.2 Å². The Morgan fingerprint density at radius 3 is 1.94 bits per heavy atom. The molecular weight excluding hydrogens is 224 g/mol. The lowest BCUT2D eigenvalue weighted by atomic mass is 10.0. The topological polar surface area (TPSA) is 24.5 Å². The van der Waals surface area contributed by atoms with E-state index in [2.05, 4.69) is 10.2 Å². The third kappa shape index (κ3) is 8.06. The van der Waals surface area contributed by atoms with Gasteiger partial charge < -0.3 is 15.0 Å². The first-order valence-corrected chi connectivity index (χ1v) is 6.99. The Kier molecular flexibility index (Phi) is 8.83. The Morgan fingerprint density at radius 1 is 1.11 bits per heavy atom. The zero-order valence-corrected chi connectivity index (χ0v) is 12.1. The van der Waals surface area contributed by atoms with Crippen molar-refractivity contribution in [2.75, 3.05) is 39.8 Å². The summed E-state index contributed by atoms with van der Waals surface area (Å²) in [5.74, 6) is 0.966. The molecule has 0 aromatic rings. The molecule has 18 heavy (non-hydrogen) atoms. The highest BCUT2D eigenvalue weighted by Crippen LogP contribution is 2.12. The first-order valence-electron chi connectivity index (χ1n) is 6.99. The first kappa shape index (κ1) is 17.9. The molecule has 0 bridgehead atoms. The van der Waals surface area contributed by atoms with Crippen molar-refractivity contribution in [3.63, 3.8) is 0 Å². The zero-order chi connectivity index (χ0) is 12.7. The van der Waals surface area contributed by atoms with Gasteiger partial charge in [0, 0.05) is 26.7 Å². The largest absolute Gasteiger partial charge is 0.379 e. The molecule has 0 atom stereocenters. The third-order valence-corrected chi connectivity index (χ3v) is 3.44. The minimum atomic E-state index is 0. The van der Waals surface area contributed by atoms with Crippen LogP contribution in [0.3, 0.4) is 0 Å². The van der Waals surface area contributed by atoms with Gasteiger partial charge in [0.25, 0.3) is 0 Å². The molecule has 0 spiro atoms. The van der Waals surface area contributed by atoms with Crippen LogP contribution in [0.25, 0.3) is 0 Å². The van der Waals surface area contributed by atoms with E-state index >= 15 is 0 Å². The molecule has 0 amide bonds. The fourth-order valence-electron chi connectivity index (χ4n) is 1.98. The molecule has 0 radical (unpaired) electrons. The van der Waals surface area contributed by atoms with E-state index in [0.29, 0.717) is 0 Å². The molecule has 2 heterocycles. The summed E-state index contributed by atoms with van der Waals surface area (Å²) in [5.41, 5.74) is 0.0417. The quantitative estimate of drug-likeness (QED) is 0.824. The molecule has 3 nitrogen and oxygen atoms in total. The molecule has 2 saturated heterocycles. The number of methoxy groups -OCH3 is 1. The van der Waals surface area contributed by atoms with Crippen LogP contribution in [0.15, 0.2) is 0 Å². The lowest BCUT2D eigenvalue weighted by Gasteiger charge is -2.35. The van der Waals surface area contributed by atoms with Gasteiger partial charge in [0.15, 0.2) is 0 Å². The molecule has 2 aliphatic rings. The van der Waals surface area contributed by atoms with Crippen LogP contribution in [-0.2, 0) is 4.74 Å². The van der Waals surface area contributed by atoms with Crippen LogP contribution < -0.4 is 5.32 Å². The molecular formula is C15H34N2O. The molecule has 1 N–H and O–H groups in total. The Labute approximate surface area is 114 Å². The van der Waals surface area contributed by atoms with E-state index in [1.54, 1.807) is 7.11 Å². The number of hydrogen-bond donors (Lipinski definition) is 1. The smallest absolute Gasteiger partial charge is 0.0594 e. The predicted molar refractivity (Wildman–Crippen MR) is 80.1 cm³/mol. The summed E-state index contributed by atoms with van der Waals surface area (Å²) in [5, 5.41) is 3.32. The van der Waals surface area contributed by atoms with Gasteiger partial charge in [0.05, 0.1) is 5.60 Å². The number of nitrogens with zero attached hydrogens (tertiary/aromatic N) is 1. The van der Waals surface area contributed by atoms with Gasteiger partial charge in [-0.1, -0.05) is 13.8 Å². The Morgan fingerprint density at radius 2 is 1.61 bits per heavy atom. The predicted octanol–water partition coefficient (Wildman–Crippen LogP) is 2.76. The third-order valence-electron chi connectivity index (χ3n) is 3.44. The number of ether oxygens (including phenoxy) is 1. The van der Waals surface area contributed by atoms with E-state index < -0.39 is 0 Å². The normalized spacial score (nSPS) is 21.3. The highest BCUT2D eigenvalue weighted by atomic mass is 16.5. The van der Waals surface area contributed by atoms with Crippen LogP contribution >= 0.6 is 0 Å². The summed E-state index contributed by atoms with van der Waals surface area (Å²) in [7, 11) is 1.71. The zero-order valence-electron chi connectivity index (χ0n) is 12.1. The van der Waals surface area contributed by atoms with E-state index in [0.717, 1.165) is 5.92 Å². The van der Waals surface area contributed by atoms with Crippen LogP contribution in [0.5, 0.6) is 0 Å². The Bertz CT molecular complexity index is 191. The van der Waals surface area contributed by atoms with Gasteiger partial charge in [-0.2, -0.15) is 0 Å². The fourth-order valence-corrected chi connectivity index (χ4v) is 1.98. The maximum Gasteiger partial charge on any atom is 0.0594 e. The second kappa shape index (κ2) is 8.89. The van der Waals surface area contributed by atoms with Gasteiger partial charge in [-0.15, -0.1) is 0 Å². The summed E-state index contributed by atoms with van der Waals surface area (Å²) < 4.78 is 4.94. The van der Waals surface area contributed by atoms with E-state index in [9.17, 15) is 0 Å². The summed E-state index contributed by atoms with van der Waals surface area (Å²) in [6.07, 6.45) is 4.32. The fraction of sp³-hybridized carbons (Fsp3) is 1.00. The molecule has 0 unspecified atom stereocenters. The van der Waals surface area contributed by atoms with Gasteiger partial charge in [0.2, 0.25) is 0 Å². The van der Waals surface area contributed by atoms with Crippen LogP contribution in [0.4, 0.5) is 0 Å². The number of likely N-dealkylation sites (tertiary alicyclic amines) is 1. The van der Waals surface area contributed by atoms with Crippen LogP contribution in [0.2, 0.25) is 0 Å². The highest BCUT2D eigenvalue weighted by molar-refractivity contribution is 4.79. The minimum Gasteiger partial charge on any atom is -0.379 e. The van der Waals surface area contributed by atoms with Gasteiger partial charge in [-0.3, -0.25) is 0 Å². The van der Waals surface area contributed by atoms with Crippen LogP contribution in [0.1, 0.15) is 47.5 Å². The molecule has 0 saturated carbocycles. The van der Waals surface area contributed by atoms with Gasteiger partial charge in [-0.05, 0) is 52.6 Å². The lowest BCUT2D eigenvalue weighted by molar-refractivity contribution is 0.0397. The van der Waals surface area contributed by atoms with E-state index in [1.807, 2.05) is 20.8 Å². The standard InChI is InChI=1S/C9H18N2.C5H12O.CH4/c1-2-4-11(5-3-1)8-9-6-10-7-9;1-5(2,3)6-4;/h9-10H,1-8H2;1-4H3;1H4. The van der Waals surface area contributed by atoms with Crippen LogP contribution in [0, 0.1) is 5.92 Å². The Hall–Kier alpha value is -0.120. The van der Waals surface area contributed by atoms with Crippen LogP contribution in [-0.4, -0.2) is 50.3 Å². The SMILES string of the molecule is C.C1CCN(CC2CNC2)CC1.COC(C)(C)C. The second-order valence-electron chi connectivity index (χ2n) is 6.20. The monoisotopic (exact) mass is 258 g/mol. The number of hydrogen-bond acceptors (Lipinski definition) is 3. The van der Waals surface area contributed by atoms with Gasteiger partial charge in [0.1, 0.15) is 0 Å². The van der Waals surface area contributed by atoms with Crippen molar-refractivity contribution in [1.29, 1.82) is 0 Å². The second-order valence-corrected chi connectivity index (χ2v) is 6.20. The molecule has 0 aromatic heterocycles. The Balaban J connectivity index is 0.000000362. The molecule has 0 aromatic carbocycles. The molecule has 3 heteroatoms. The summed E-state index contributed by atoms with van der Waals surface area (Å²) >= 11 is 0. The molecule has 2 rings (SSSR count). The van der Waals surface area contributed by atoms with E-state index in [1.165, 1.54) is 52.0 Å². The highest BCUT2D eigenvalue weighted by Gasteiger charge is 2.20. The summed E-state index contributed by atoms with van der Waals surface area (Å²) in [6.45, 7) is 12.7. The molecule has 2 fully saturated rings. The maximum absolute atomic E-state index is 4.94. The lowest BCUT2D eigenvalue weighted by Crippen LogP contribution is -2.49. The number of piperidine rings is 1. The average molecular weight is 258 g/mol. The summed E-state index contributed by atoms with van der Waals surface area (Å²) in [6, 6.07) is 0. The van der Waals surface area contributed by atoms with Crippen molar-refractivity contribution < 1.29 is 4.74 Å². The van der Waals surface area contributed by atoms with E-state index in [-0.39, 0.29) is 13.0 Å². The van der Waals surface area contributed by atoms with E-state index in [4.69, 9.17) is 4.74 Å². The molecule has 0 aliphatic carbocycles. The summed E-state index contributed by atoms with van der Waals surface area (Å²) in [4.78, 5) is 2.63. The maximum atomic E-state index is 4.94. The van der Waals surface area contributed by atoms with Crippen molar-refractivity contribution in [3.8, 4) is 0 Å². The molecule has 110 valence electrons. The first-order chi connectivity index (χ1) is 8.01. The molecule has 2 aliphatic heterocycles. The van der Waals surface area contributed by atoms with Crippen molar-refractivity contribution in [2.24, 2.45) is 5.92 Å². The number of rotatable bonds is 2. The average Bonchev–Trinajstić information content (AvgIpc) is 2.25. The van der Waals surface area contributed by atoms with Crippen molar-refractivity contribution in [3.05, 3.63) is 0 Å².